The summed E-state index contributed by atoms with van der Waals surface area (Å²) in [6.07, 6.45) is 3.40. The standard InChI is InChI=1S/C16H14N4O2/c1-21-13-6-3-2-5-11(13)10-20-16-12(9-17-20)18-15(19-16)14-7-4-8-22-14/h2-9H,10H2,1H3,(H,18,19). The van der Waals surface area contributed by atoms with Gasteiger partial charge in [0.15, 0.2) is 17.2 Å². The number of methoxy groups -OCH3 is 1. The molecule has 0 saturated heterocycles. The summed E-state index contributed by atoms with van der Waals surface area (Å²) >= 11 is 0. The number of hydrogen-bond acceptors (Lipinski definition) is 4. The topological polar surface area (TPSA) is 68.9 Å². The van der Waals surface area contributed by atoms with Crippen LogP contribution in [0.5, 0.6) is 5.75 Å². The Morgan fingerprint density at radius 1 is 1.23 bits per heavy atom. The van der Waals surface area contributed by atoms with Gasteiger partial charge < -0.3 is 14.1 Å². The molecule has 0 fully saturated rings. The van der Waals surface area contributed by atoms with Crippen LogP contribution in [0.3, 0.4) is 0 Å². The van der Waals surface area contributed by atoms with E-state index in [1.807, 2.05) is 41.1 Å². The van der Waals surface area contributed by atoms with Crippen LogP contribution in [0.2, 0.25) is 0 Å². The predicted octanol–water partition coefficient (Wildman–Crippen LogP) is 3.08. The molecule has 4 aromatic rings. The molecule has 0 aliphatic heterocycles. The van der Waals surface area contributed by atoms with Crippen molar-refractivity contribution in [1.29, 1.82) is 0 Å². The van der Waals surface area contributed by atoms with E-state index in [1.165, 1.54) is 0 Å². The number of hydrogen-bond donors (Lipinski definition) is 1. The maximum absolute atomic E-state index is 5.39. The van der Waals surface area contributed by atoms with Crippen molar-refractivity contribution >= 4 is 11.2 Å². The van der Waals surface area contributed by atoms with Crippen molar-refractivity contribution in [2.75, 3.05) is 7.11 Å². The zero-order chi connectivity index (χ0) is 14.9. The molecule has 4 rings (SSSR count). The van der Waals surface area contributed by atoms with E-state index in [4.69, 9.17) is 9.15 Å². The number of furan rings is 1. The lowest BCUT2D eigenvalue weighted by atomic mass is 10.2. The van der Waals surface area contributed by atoms with E-state index in [1.54, 1.807) is 19.6 Å². The number of rotatable bonds is 4. The molecule has 0 atom stereocenters. The highest BCUT2D eigenvalue weighted by atomic mass is 16.5. The third-order valence-electron chi connectivity index (χ3n) is 3.55. The summed E-state index contributed by atoms with van der Waals surface area (Å²) in [6, 6.07) is 11.6. The highest BCUT2D eigenvalue weighted by Crippen LogP contribution is 2.23. The maximum Gasteiger partial charge on any atom is 0.177 e. The Bertz CT molecular complexity index is 905. The number of aromatic nitrogens is 4. The van der Waals surface area contributed by atoms with E-state index in [9.17, 15) is 0 Å². The third kappa shape index (κ3) is 2.05. The van der Waals surface area contributed by atoms with Crippen molar-refractivity contribution in [2.24, 2.45) is 0 Å². The van der Waals surface area contributed by atoms with Gasteiger partial charge in [0, 0.05) is 5.56 Å². The molecule has 3 heterocycles. The fourth-order valence-corrected chi connectivity index (χ4v) is 2.49. The normalized spacial score (nSPS) is 11.1. The first-order valence-corrected chi connectivity index (χ1v) is 6.92. The zero-order valence-electron chi connectivity index (χ0n) is 12.0. The van der Waals surface area contributed by atoms with Gasteiger partial charge in [0.05, 0.1) is 26.1 Å². The number of benzene rings is 1. The first-order chi connectivity index (χ1) is 10.8. The molecule has 3 aromatic heterocycles. The van der Waals surface area contributed by atoms with Gasteiger partial charge >= 0.3 is 0 Å². The van der Waals surface area contributed by atoms with Crippen molar-refractivity contribution in [3.8, 4) is 17.3 Å². The second kappa shape index (κ2) is 5.07. The Balaban J connectivity index is 1.73. The second-order valence-electron chi connectivity index (χ2n) is 4.91. The molecule has 0 amide bonds. The lowest BCUT2D eigenvalue weighted by molar-refractivity contribution is 0.407. The molecule has 0 aliphatic carbocycles. The molecule has 0 spiro atoms. The minimum atomic E-state index is 0.593. The van der Waals surface area contributed by atoms with Gasteiger partial charge in [0.2, 0.25) is 0 Å². The first-order valence-electron chi connectivity index (χ1n) is 6.92. The molecule has 1 N–H and O–H groups in total. The number of para-hydroxylation sites is 1. The molecule has 6 nitrogen and oxygen atoms in total. The van der Waals surface area contributed by atoms with Crippen LogP contribution < -0.4 is 4.74 Å². The smallest absolute Gasteiger partial charge is 0.177 e. The van der Waals surface area contributed by atoms with Crippen molar-refractivity contribution in [2.45, 2.75) is 6.54 Å². The van der Waals surface area contributed by atoms with Gasteiger partial charge in [-0.1, -0.05) is 18.2 Å². The number of aromatic amines is 1. The van der Waals surface area contributed by atoms with Gasteiger partial charge in [-0.05, 0) is 18.2 Å². The summed E-state index contributed by atoms with van der Waals surface area (Å²) in [5.41, 5.74) is 2.72. The monoisotopic (exact) mass is 294 g/mol. The second-order valence-corrected chi connectivity index (χ2v) is 4.91. The van der Waals surface area contributed by atoms with Crippen LogP contribution in [-0.4, -0.2) is 26.9 Å². The SMILES string of the molecule is COc1ccccc1Cn1ncc2[nH]c(-c3ccco3)nc21. The fourth-order valence-electron chi connectivity index (χ4n) is 2.49. The maximum atomic E-state index is 5.39. The Morgan fingerprint density at radius 3 is 2.95 bits per heavy atom. The summed E-state index contributed by atoms with van der Waals surface area (Å²) in [5.74, 6) is 2.25. The van der Waals surface area contributed by atoms with Crippen LogP contribution in [0.15, 0.2) is 53.3 Å². The third-order valence-corrected chi connectivity index (χ3v) is 3.55. The molecule has 0 unspecified atom stereocenters. The van der Waals surface area contributed by atoms with Crippen molar-refractivity contribution in [3.63, 3.8) is 0 Å². The van der Waals surface area contributed by atoms with Crippen LogP contribution in [0.25, 0.3) is 22.7 Å². The van der Waals surface area contributed by atoms with E-state index < -0.39 is 0 Å². The van der Waals surface area contributed by atoms with Gasteiger partial charge in [0.1, 0.15) is 11.3 Å². The molecule has 22 heavy (non-hydrogen) atoms. The van der Waals surface area contributed by atoms with E-state index >= 15 is 0 Å². The van der Waals surface area contributed by atoms with Crippen molar-refractivity contribution < 1.29 is 9.15 Å². The molecule has 0 saturated carbocycles. The quantitative estimate of drug-likeness (QED) is 0.628. The van der Waals surface area contributed by atoms with Crippen LogP contribution >= 0.6 is 0 Å². The fraction of sp³-hybridized carbons (Fsp3) is 0.125. The molecule has 110 valence electrons. The molecule has 0 radical (unpaired) electrons. The lowest BCUT2D eigenvalue weighted by Gasteiger charge is -2.08. The van der Waals surface area contributed by atoms with Crippen molar-refractivity contribution in [1.82, 2.24) is 19.7 Å². The molecule has 6 heteroatoms. The lowest BCUT2D eigenvalue weighted by Crippen LogP contribution is -2.03. The zero-order valence-corrected chi connectivity index (χ0v) is 12.0. The number of ether oxygens (including phenoxy) is 1. The van der Waals surface area contributed by atoms with E-state index in [2.05, 4.69) is 15.1 Å². The summed E-state index contributed by atoms with van der Waals surface area (Å²) in [5, 5.41) is 4.39. The Kier molecular flexibility index (Phi) is 2.93. The number of nitrogens with one attached hydrogen (secondary N) is 1. The van der Waals surface area contributed by atoms with Gasteiger partial charge in [-0.3, -0.25) is 0 Å². The summed E-state index contributed by atoms with van der Waals surface area (Å²) in [7, 11) is 1.67. The molecular weight excluding hydrogens is 280 g/mol. The first kappa shape index (κ1) is 12.7. The van der Waals surface area contributed by atoms with Crippen LogP contribution in [0.1, 0.15) is 5.56 Å². The van der Waals surface area contributed by atoms with Crippen LogP contribution in [0.4, 0.5) is 0 Å². The van der Waals surface area contributed by atoms with Gasteiger partial charge in [-0.15, -0.1) is 0 Å². The van der Waals surface area contributed by atoms with E-state index in [0.717, 1.165) is 22.5 Å². The van der Waals surface area contributed by atoms with E-state index in [0.29, 0.717) is 18.1 Å². The van der Waals surface area contributed by atoms with Crippen LogP contribution in [-0.2, 0) is 6.54 Å². The van der Waals surface area contributed by atoms with Gasteiger partial charge in [-0.2, -0.15) is 5.10 Å². The minimum absolute atomic E-state index is 0.593. The molecule has 1 aromatic carbocycles. The number of H-pyrrole nitrogens is 1. The summed E-state index contributed by atoms with van der Waals surface area (Å²) in [6.45, 7) is 0.593. The van der Waals surface area contributed by atoms with Gasteiger partial charge in [0.25, 0.3) is 0 Å². The Hall–Kier alpha value is -3.02. The minimum Gasteiger partial charge on any atom is -0.496 e. The number of imidazole rings is 1. The Morgan fingerprint density at radius 2 is 2.14 bits per heavy atom. The van der Waals surface area contributed by atoms with Crippen LogP contribution in [0, 0.1) is 0 Å². The summed E-state index contributed by atoms with van der Waals surface area (Å²) in [4.78, 5) is 7.79. The Labute approximate surface area is 126 Å². The molecular formula is C16H14N4O2. The number of nitrogens with zero attached hydrogens (tertiary/aromatic N) is 3. The molecule has 0 aliphatic rings. The predicted molar refractivity (Wildman–Crippen MR) is 81.7 cm³/mol. The molecule has 0 bridgehead atoms. The van der Waals surface area contributed by atoms with Crippen molar-refractivity contribution in [3.05, 3.63) is 54.4 Å². The number of fused-ring (bicyclic) bond motifs is 1. The summed E-state index contributed by atoms with van der Waals surface area (Å²) < 4.78 is 12.6. The average molecular weight is 294 g/mol. The highest BCUT2D eigenvalue weighted by molar-refractivity contribution is 5.74. The van der Waals surface area contributed by atoms with E-state index in [-0.39, 0.29) is 0 Å². The average Bonchev–Trinajstić information content (AvgIpc) is 3.25. The largest absolute Gasteiger partial charge is 0.496 e. The highest BCUT2D eigenvalue weighted by Gasteiger charge is 2.13. The van der Waals surface area contributed by atoms with Gasteiger partial charge in [-0.25, -0.2) is 9.67 Å².